The predicted molar refractivity (Wildman–Crippen MR) is 86.5 cm³/mol. The average molecular weight is 413 g/mol. The number of halogens is 1. The highest BCUT2D eigenvalue weighted by Crippen LogP contribution is 2.23. The van der Waals surface area contributed by atoms with E-state index in [1.165, 1.54) is 0 Å². The van der Waals surface area contributed by atoms with Crippen molar-refractivity contribution >= 4 is 48.7 Å². The molecule has 0 bridgehead atoms. The monoisotopic (exact) mass is 413 g/mol. The quantitative estimate of drug-likeness (QED) is 0.737. The Morgan fingerprint density at radius 2 is 2.32 bits per heavy atom. The predicted octanol–water partition coefficient (Wildman–Crippen LogP) is 2.09. The van der Waals surface area contributed by atoms with Gasteiger partial charge in [-0.15, -0.1) is 11.3 Å². The molecule has 2 aromatic heterocycles. The lowest BCUT2D eigenvalue weighted by atomic mass is 10.2. The molecule has 0 unspecified atom stereocenters. The minimum atomic E-state index is -2.91. The van der Waals surface area contributed by atoms with E-state index >= 15 is 0 Å². The van der Waals surface area contributed by atoms with Crippen LogP contribution in [0.15, 0.2) is 11.6 Å². The van der Waals surface area contributed by atoms with Crippen LogP contribution in [-0.4, -0.2) is 35.9 Å². The minimum Gasteiger partial charge on any atom is -0.308 e. The Bertz CT molecular complexity index is 663. The molecule has 0 spiro atoms. The molecule has 0 aromatic carbocycles. The topological polar surface area (TPSA) is 63.5 Å². The second-order valence-electron chi connectivity index (χ2n) is 4.26. The first kappa shape index (κ1) is 15.2. The van der Waals surface area contributed by atoms with Gasteiger partial charge in [0.1, 0.15) is 3.70 Å². The van der Waals surface area contributed by atoms with Gasteiger partial charge in [0.2, 0.25) is 0 Å². The fourth-order valence-corrected chi connectivity index (χ4v) is 4.30. The highest BCUT2D eigenvalue weighted by Gasteiger charge is 2.17. The highest BCUT2D eigenvalue weighted by molar-refractivity contribution is 14.1. The Balaban J connectivity index is 2.02. The van der Waals surface area contributed by atoms with Crippen molar-refractivity contribution in [1.82, 2.24) is 14.7 Å². The number of thiazole rings is 1. The van der Waals surface area contributed by atoms with Gasteiger partial charge in [-0.1, -0.05) is 6.92 Å². The molecule has 0 aliphatic heterocycles. The maximum Gasteiger partial charge on any atom is 0.194 e. The van der Waals surface area contributed by atoms with Gasteiger partial charge >= 0.3 is 0 Å². The molecule has 0 amide bonds. The van der Waals surface area contributed by atoms with Gasteiger partial charge in [-0.05, 0) is 29.5 Å². The zero-order valence-corrected chi connectivity index (χ0v) is 14.5. The average Bonchev–Trinajstić information content (AvgIpc) is 2.92. The molecule has 2 rings (SSSR count). The van der Waals surface area contributed by atoms with Crippen molar-refractivity contribution in [3.05, 3.63) is 21.0 Å². The molecule has 2 heterocycles. The third-order valence-corrected chi connectivity index (χ3v) is 6.48. The molecule has 5 nitrogen and oxygen atoms in total. The van der Waals surface area contributed by atoms with Crippen molar-refractivity contribution < 1.29 is 8.42 Å². The largest absolute Gasteiger partial charge is 0.308 e. The number of hydrogen-bond donors (Lipinski definition) is 1. The van der Waals surface area contributed by atoms with Crippen LogP contribution in [0.4, 0.5) is 0 Å². The number of sulfone groups is 1. The lowest BCUT2D eigenvalue weighted by Gasteiger charge is -2.12. The van der Waals surface area contributed by atoms with Crippen LogP contribution in [0.25, 0.3) is 4.96 Å². The van der Waals surface area contributed by atoms with Gasteiger partial charge in [0.25, 0.3) is 0 Å². The number of fused-ring (bicyclic) bond motifs is 1. The Morgan fingerprint density at radius 3 is 2.95 bits per heavy atom. The molecule has 1 N–H and O–H groups in total. The summed E-state index contributed by atoms with van der Waals surface area (Å²) in [6, 6.07) is 0.0473. The highest BCUT2D eigenvalue weighted by atomic mass is 127. The number of aromatic nitrogens is 2. The van der Waals surface area contributed by atoms with Crippen LogP contribution in [0.5, 0.6) is 0 Å². The number of imidazole rings is 1. The molecule has 2 aromatic rings. The fraction of sp³-hybridized carbons (Fsp3) is 0.545. The molecule has 0 aliphatic carbocycles. The standard InChI is InChI=1S/C11H16IN3O2S2/c1-3-19(16,17)7-4-13-8(2)9-10(12)15-5-6-18-11(15)14-9/h5-6,8,13H,3-4,7H2,1-2H3/t8-/m1/s1. The second-order valence-corrected chi connectivity index (χ2v) is 8.62. The van der Waals surface area contributed by atoms with Crippen LogP contribution in [0.2, 0.25) is 0 Å². The zero-order chi connectivity index (χ0) is 14.0. The molecular weight excluding hydrogens is 397 g/mol. The molecule has 0 saturated heterocycles. The van der Waals surface area contributed by atoms with Crippen LogP contribution in [0.3, 0.4) is 0 Å². The molecule has 0 aliphatic rings. The van der Waals surface area contributed by atoms with E-state index in [0.29, 0.717) is 6.54 Å². The summed E-state index contributed by atoms with van der Waals surface area (Å²) in [6.45, 7) is 4.14. The first-order chi connectivity index (χ1) is 8.94. The summed E-state index contributed by atoms with van der Waals surface area (Å²) in [5.74, 6) is 0.368. The summed E-state index contributed by atoms with van der Waals surface area (Å²) in [6.07, 6.45) is 1.99. The summed E-state index contributed by atoms with van der Waals surface area (Å²) in [5.41, 5.74) is 0.973. The SMILES string of the molecule is CCS(=O)(=O)CCN[C@H](C)c1nc2sccn2c1I. The van der Waals surface area contributed by atoms with Gasteiger partial charge in [0.05, 0.1) is 11.4 Å². The minimum absolute atomic E-state index is 0.0473. The van der Waals surface area contributed by atoms with Crippen molar-refractivity contribution in [3.63, 3.8) is 0 Å². The van der Waals surface area contributed by atoms with E-state index in [-0.39, 0.29) is 17.5 Å². The molecule has 8 heteroatoms. The van der Waals surface area contributed by atoms with Crippen LogP contribution < -0.4 is 5.32 Å². The van der Waals surface area contributed by atoms with Gasteiger partial charge in [-0.25, -0.2) is 13.4 Å². The van der Waals surface area contributed by atoms with Crippen molar-refractivity contribution in [2.24, 2.45) is 0 Å². The number of rotatable bonds is 6. The lowest BCUT2D eigenvalue weighted by Crippen LogP contribution is -2.27. The first-order valence-corrected chi connectivity index (χ1v) is 9.77. The number of hydrogen-bond acceptors (Lipinski definition) is 5. The molecule has 106 valence electrons. The third kappa shape index (κ3) is 3.47. The number of nitrogens with one attached hydrogen (secondary N) is 1. The van der Waals surface area contributed by atoms with Crippen molar-refractivity contribution in [1.29, 1.82) is 0 Å². The van der Waals surface area contributed by atoms with E-state index in [1.807, 2.05) is 22.9 Å². The van der Waals surface area contributed by atoms with Gasteiger partial charge in [-0.3, -0.25) is 4.40 Å². The van der Waals surface area contributed by atoms with E-state index in [4.69, 9.17) is 0 Å². The van der Waals surface area contributed by atoms with E-state index < -0.39 is 9.84 Å². The van der Waals surface area contributed by atoms with E-state index in [2.05, 4.69) is 32.9 Å². The summed E-state index contributed by atoms with van der Waals surface area (Å²) < 4.78 is 26.0. The smallest absolute Gasteiger partial charge is 0.194 e. The summed E-state index contributed by atoms with van der Waals surface area (Å²) in [5, 5.41) is 5.23. The van der Waals surface area contributed by atoms with Gasteiger partial charge in [0, 0.05) is 29.9 Å². The maximum absolute atomic E-state index is 11.4. The van der Waals surface area contributed by atoms with Crippen LogP contribution in [0.1, 0.15) is 25.6 Å². The Morgan fingerprint density at radius 1 is 1.58 bits per heavy atom. The molecule has 0 fully saturated rings. The van der Waals surface area contributed by atoms with Crippen LogP contribution >= 0.6 is 33.9 Å². The van der Waals surface area contributed by atoms with Gasteiger partial charge < -0.3 is 5.32 Å². The third-order valence-electron chi connectivity index (χ3n) is 2.94. The van der Waals surface area contributed by atoms with E-state index in [1.54, 1.807) is 18.3 Å². The molecule has 0 saturated carbocycles. The first-order valence-electron chi connectivity index (χ1n) is 5.99. The Hall–Kier alpha value is -0.190. The van der Waals surface area contributed by atoms with Crippen LogP contribution in [-0.2, 0) is 9.84 Å². The van der Waals surface area contributed by atoms with E-state index in [9.17, 15) is 8.42 Å². The fourth-order valence-electron chi connectivity index (χ4n) is 1.72. The molecular formula is C11H16IN3O2S2. The number of nitrogens with zero attached hydrogens (tertiary/aromatic N) is 2. The second kappa shape index (κ2) is 6.06. The van der Waals surface area contributed by atoms with Gasteiger partial charge in [-0.2, -0.15) is 0 Å². The summed E-state index contributed by atoms with van der Waals surface area (Å²) >= 11 is 3.86. The Kier molecular flexibility index (Phi) is 4.85. The van der Waals surface area contributed by atoms with Gasteiger partial charge in [0.15, 0.2) is 14.8 Å². The van der Waals surface area contributed by atoms with Crippen molar-refractivity contribution in [3.8, 4) is 0 Å². The molecule has 19 heavy (non-hydrogen) atoms. The normalized spacial score (nSPS) is 14.1. The van der Waals surface area contributed by atoms with E-state index in [0.717, 1.165) is 14.4 Å². The molecule has 0 radical (unpaired) electrons. The molecule has 1 atom stereocenters. The summed E-state index contributed by atoms with van der Waals surface area (Å²) in [4.78, 5) is 5.54. The lowest BCUT2D eigenvalue weighted by molar-refractivity contribution is 0.565. The van der Waals surface area contributed by atoms with Crippen molar-refractivity contribution in [2.75, 3.05) is 18.1 Å². The van der Waals surface area contributed by atoms with Crippen LogP contribution in [0, 0.1) is 3.70 Å². The Labute approximate surface area is 130 Å². The maximum atomic E-state index is 11.4. The van der Waals surface area contributed by atoms with Crippen molar-refractivity contribution in [2.45, 2.75) is 19.9 Å². The summed E-state index contributed by atoms with van der Waals surface area (Å²) in [7, 11) is -2.91. The zero-order valence-electron chi connectivity index (χ0n) is 10.8.